The predicted octanol–water partition coefficient (Wildman–Crippen LogP) is 5.02. The Morgan fingerprint density at radius 1 is 1.18 bits per heavy atom. The lowest BCUT2D eigenvalue weighted by Gasteiger charge is -2.13. The topological polar surface area (TPSA) is 51.2 Å². The number of para-hydroxylation sites is 1. The molecule has 4 rings (SSSR count). The van der Waals surface area contributed by atoms with Crippen molar-refractivity contribution in [1.29, 1.82) is 0 Å². The summed E-state index contributed by atoms with van der Waals surface area (Å²) in [6, 6.07) is 17.9. The first-order valence-electron chi connectivity index (χ1n) is 9.35. The summed E-state index contributed by atoms with van der Waals surface area (Å²) in [4.78, 5) is 20.1. The third-order valence-electron chi connectivity index (χ3n) is 4.74. The second-order valence-electron chi connectivity index (χ2n) is 6.62. The standard InChI is InChI=1S/C22H22N2O2S2/c1-27-19-10-4-5-11-20(19)28-21-13-17(16-8-2-3-9-18(16)24-21)22(25)23-14-15-7-6-12-26-15/h2-5,8-11,13,15H,6-7,12,14H2,1H3,(H,23,25)/t15-/m1/s1. The van der Waals surface area contributed by atoms with Gasteiger partial charge in [0.05, 0.1) is 17.2 Å². The first-order valence-corrected chi connectivity index (χ1v) is 11.4. The molecule has 2 aromatic carbocycles. The highest BCUT2D eigenvalue weighted by atomic mass is 32.2. The molecule has 0 unspecified atom stereocenters. The van der Waals surface area contributed by atoms with Crippen LogP contribution in [0.2, 0.25) is 0 Å². The third-order valence-corrected chi connectivity index (χ3v) is 6.65. The Kier molecular flexibility index (Phi) is 6.20. The molecule has 3 aromatic rings. The van der Waals surface area contributed by atoms with Crippen LogP contribution in [-0.2, 0) is 4.74 Å². The van der Waals surface area contributed by atoms with Gasteiger partial charge < -0.3 is 10.1 Å². The zero-order valence-corrected chi connectivity index (χ0v) is 17.3. The molecule has 2 heterocycles. The molecule has 1 amide bonds. The van der Waals surface area contributed by atoms with Gasteiger partial charge in [0.2, 0.25) is 0 Å². The number of thioether (sulfide) groups is 1. The van der Waals surface area contributed by atoms with Crippen LogP contribution in [0, 0.1) is 0 Å². The summed E-state index contributed by atoms with van der Waals surface area (Å²) in [6.45, 7) is 1.33. The van der Waals surface area contributed by atoms with E-state index in [9.17, 15) is 4.79 Å². The van der Waals surface area contributed by atoms with Gasteiger partial charge in [0.15, 0.2) is 0 Å². The van der Waals surface area contributed by atoms with Crippen molar-refractivity contribution in [1.82, 2.24) is 10.3 Å². The number of amides is 1. The molecule has 0 spiro atoms. The molecular weight excluding hydrogens is 388 g/mol. The highest BCUT2D eigenvalue weighted by Crippen LogP contribution is 2.35. The minimum atomic E-state index is -0.0749. The van der Waals surface area contributed by atoms with E-state index in [2.05, 4.69) is 23.7 Å². The van der Waals surface area contributed by atoms with Crippen molar-refractivity contribution in [3.05, 3.63) is 60.2 Å². The summed E-state index contributed by atoms with van der Waals surface area (Å²) in [5.41, 5.74) is 1.49. The molecule has 0 aliphatic carbocycles. The normalized spacial score (nSPS) is 16.4. The van der Waals surface area contributed by atoms with Gasteiger partial charge in [0.1, 0.15) is 5.03 Å². The minimum absolute atomic E-state index is 0.0749. The molecule has 4 nitrogen and oxygen atoms in total. The number of ether oxygens (including phenoxy) is 1. The van der Waals surface area contributed by atoms with Gasteiger partial charge in [-0.05, 0) is 43.4 Å². The number of pyridine rings is 1. The molecule has 1 atom stereocenters. The van der Waals surface area contributed by atoms with Crippen LogP contribution >= 0.6 is 23.5 Å². The Hall–Kier alpha value is -2.02. The Labute approximate surface area is 173 Å². The van der Waals surface area contributed by atoms with Crippen molar-refractivity contribution in [2.45, 2.75) is 33.8 Å². The van der Waals surface area contributed by atoms with E-state index in [-0.39, 0.29) is 12.0 Å². The molecule has 1 aliphatic heterocycles. The Bertz CT molecular complexity index is 987. The maximum absolute atomic E-state index is 12.9. The van der Waals surface area contributed by atoms with Gasteiger partial charge in [-0.15, -0.1) is 11.8 Å². The molecule has 0 radical (unpaired) electrons. The summed E-state index contributed by atoms with van der Waals surface area (Å²) in [5, 5.41) is 4.73. The molecule has 1 saturated heterocycles. The lowest BCUT2D eigenvalue weighted by atomic mass is 10.1. The van der Waals surface area contributed by atoms with Crippen LogP contribution in [0.3, 0.4) is 0 Å². The van der Waals surface area contributed by atoms with Crippen molar-refractivity contribution in [2.24, 2.45) is 0 Å². The van der Waals surface area contributed by atoms with E-state index < -0.39 is 0 Å². The van der Waals surface area contributed by atoms with E-state index in [1.807, 2.05) is 42.5 Å². The molecular formula is C22H22N2O2S2. The van der Waals surface area contributed by atoms with E-state index in [1.165, 1.54) is 4.90 Å². The molecule has 0 saturated carbocycles. The number of carbonyl (C=O) groups is 1. The monoisotopic (exact) mass is 410 g/mol. The summed E-state index contributed by atoms with van der Waals surface area (Å²) in [5.74, 6) is -0.0749. The summed E-state index contributed by atoms with van der Waals surface area (Å²) >= 11 is 3.30. The van der Waals surface area contributed by atoms with Gasteiger partial charge in [-0.2, -0.15) is 0 Å². The quantitative estimate of drug-likeness (QED) is 0.579. The summed E-state index contributed by atoms with van der Waals surface area (Å²) in [7, 11) is 0. The van der Waals surface area contributed by atoms with Crippen molar-refractivity contribution < 1.29 is 9.53 Å². The van der Waals surface area contributed by atoms with Crippen LogP contribution in [0.1, 0.15) is 23.2 Å². The number of fused-ring (bicyclic) bond motifs is 1. The van der Waals surface area contributed by atoms with Crippen molar-refractivity contribution in [3.8, 4) is 0 Å². The smallest absolute Gasteiger partial charge is 0.252 e. The second kappa shape index (κ2) is 8.99. The van der Waals surface area contributed by atoms with E-state index in [0.29, 0.717) is 12.1 Å². The van der Waals surface area contributed by atoms with Crippen LogP contribution in [0.4, 0.5) is 0 Å². The fourth-order valence-electron chi connectivity index (χ4n) is 3.31. The number of benzene rings is 2. The molecule has 0 bridgehead atoms. The number of nitrogens with zero attached hydrogens (tertiary/aromatic N) is 1. The molecule has 1 fully saturated rings. The molecule has 144 valence electrons. The predicted molar refractivity (Wildman–Crippen MR) is 115 cm³/mol. The third kappa shape index (κ3) is 4.35. The number of carbonyl (C=O) groups excluding carboxylic acids is 1. The van der Waals surface area contributed by atoms with Gasteiger partial charge in [-0.25, -0.2) is 4.98 Å². The number of hydrogen-bond acceptors (Lipinski definition) is 5. The minimum Gasteiger partial charge on any atom is -0.376 e. The van der Waals surface area contributed by atoms with Gasteiger partial charge in [0.25, 0.3) is 5.91 Å². The van der Waals surface area contributed by atoms with Crippen LogP contribution in [-0.4, -0.2) is 36.4 Å². The van der Waals surface area contributed by atoms with Crippen LogP contribution in [0.5, 0.6) is 0 Å². The first kappa shape index (κ1) is 19.3. The molecule has 1 aromatic heterocycles. The fourth-order valence-corrected chi connectivity index (χ4v) is 5.03. The van der Waals surface area contributed by atoms with Gasteiger partial charge >= 0.3 is 0 Å². The Morgan fingerprint density at radius 3 is 2.75 bits per heavy atom. The van der Waals surface area contributed by atoms with Gasteiger partial charge in [-0.1, -0.05) is 42.1 Å². The zero-order valence-electron chi connectivity index (χ0n) is 15.7. The number of rotatable bonds is 6. The molecule has 1 N–H and O–H groups in total. The van der Waals surface area contributed by atoms with E-state index in [1.54, 1.807) is 23.5 Å². The van der Waals surface area contributed by atoms with Crippen LogP contribution in [0.25, 0.3) is 10.9 Å². The van der Waals surface area contributed by atoms with Crippen LogP contribution in [0.15, 0.2) is 69.4 Å². The van der Waals surface area contributed by atoms with Crippen molar-refractivity contribution in [2.75, 3.05) is 19.4 Å². The second-order valence-corrected chi connectivity index (χ2v) is 8.53. The maximum Gasteiger partial charge on any atom is 0.252 e. The molecule has 1 aliphatic rings. The molecule has 6 heteroatoms. The lowest BCUT2D eigenvalue weighted by molar-refractivity contribution is 0.0859. The fraction of sp³-hybridized carbons (Fsp3) is 0.273. The van der Waals surface area contributed by atoms with Crippen molar-refractivity contribution >= 4 is 40.3 Å². The van der Waals surface area contributed by atoms with Crippen LogP contribution < -0.4 is 5.32 Å². The van der Waals surface area contributed by atoms with E-state index in [0.717, 1.165) is 40.3 Å². The summed E-state index contributed by atoms with van der Waals surface area (Å²) < 4.78 is 5.62. The first-order chi connectivity index (χ1) is 13.7. The number of aromatic nitrogens is 1. The van der Waals surface area contributed by atoms with Gasteiger partial charge in [0, 0.05) is 28.3 Å². The zero-order chi connectivity index (χ0) is 19.3. The summed E-state index contributed by atoms with van der Waals surface area (Å²) in [6.07, 6.45) is 4.26. The average Bonchev–Trinajstić information content (AvgIpc) is 3.25. The maximum atomic E-state index is 12.9. The van der Waals surface area contributed by atoms with Crippen molar-refractivity contribution in [3.63, 3.8) is 0 Å². The van der Waals surface area contributed by atoms with Gasteiger partial charge in [-0.3, -0.25) is 4.79 Å². The highest BCUT2D eigenvalue weighted by Gasteiger charge is 2.19. The molecule has 28 heavy (non-hydrogen) atoms. The Balaban J connectivity index is 1.64. The average molecular weight is 411 g/mol. The number of nitrogens with one attached hydrogen (secondary N) is 1. The van der Waals surface area contributed by atoms with E-state index in [4.69, 9.17) is 9.72 Å². The Morgan fingerprint density at radius 2 is 1.96 bits per heavy atom. The highest BCUT2D eigenvalue weighted by molar-refractivity contribution is 8.02. The largest absolute Gasteiger partial charge is 0.376 e. The SMILES string of the molecule is CSc1ccccc1Sc1cc(C(=O)NC[C@H]2CCCO2)c2ccccc2n1. The van der Waals surface area contributed by atoms with E-state index >= 15 is 0 Å². The number of hydrogen-bond donors (Lipinski definition) is 1. The lowest BCUT2D eigenvalue weighted by Crippen LogP contribution is -2.31.